The molecule has 0 aliphatic carbocycles. The first-order chi connectivity index (χ1) is 12.3. The number of benzene rings is 2. The second-order valence-electron chi connectivity index (χ2n) is 6.16. The van der Waals surface area contributed by atoms with Gasteiger partial charge in [-0.25, -0.2) is 0 Å². The van der Waals surface area contributed by atoms with E-state index in [1.165, 1.54) is 24.3 Å². The van der Waals surface area contributed by atoms with E-state index in [9.17, 15) is 23.4 Å². The van der Waals surface area contributed by atoms with Crippen LogP contribution < -0.4 is 9.47 Å². The summed E-state index contributed by atoms with van der Waals surface area (Å²) >= 11 is 0. The van der Waals surface area contributed by atoms with Crippen molar-refractivity contribution < 1.29 is 32.9 Å². The van der Waals surface area contributed by atoms with Gasteiger partial charge in [0, 0.05) is 11.1 Å². The van der Waals surface area contributed by atoms with Gasteiger partial charge >= 0.3 is 6.36 Å². The summed E-state index contributed by atoms with van der Waals surface area (Å²) in [5.41, 5.74) is 3.39. The zero-order valence-corrected chi connectivity index (χ0v) is 14.1. The predicted octanol–water partition coefficient (Wildman–Crippen LogP) is 4.12. The van der Waals surface area contributed by atoms with Crippen molar-refractivity contribution in [2.75, 3.05) is 6.61 Å². The largest absolute Gasteiger partial charge is 0.573 e. The number of aliphatic hydroxyl groups is 2. The van der Waals surface area contributed by atoms with Gasteiger partial charge in [-0.1, -0.05) is 12.1 Å². The van der Waals surface area contributed by atoms with E-state index in [1.54, 1.807) is 13.0 Å². The SMILES string of the molecule is CC(O)c1cc(-c2ccc(OC(F)(F)F)cc2)c2c(c1CO)CCCO2. The minimum absolute atomic E-state index is 0.218. The molecule has 7 heteroatoms. The maximum atomic E-state index is 12.3. The van der Waals surface area contributed by atoms with E-state index in [1.807, 2.05) is 0 Å². The molecule has 0 amide bonds. The smallest absolute Gasteiger partial charge is 0.493 e. The van der Waals surface area contributed by atoms with Gasteiger partial charge in [0.15, 0.2) is 0 Å². The van der Waals surface area contributed by atoms with Crippen LogP contribution in [0.1, 0.15) is 36.1 Å². The molecule has 2 aromatic carbocycles. The second kappa shape index (κ2) is 7.17. The molecule has 3 rings (SSSR count). The first-order valence-corrected chi connectivity index (χ1v) is 8.26. The summed E-state index contributed by atoms with van der Waals surface area (Å²) in [6.45, 7) is 1.91. The van der Waals surface area contributed by atoms with Gasteiger partial charge < -0.3 is 19.7 Å². The van der Waals surface area contributed by atoms with Crippen molar-refractivity contribution >= 4 is 0 Å². The number of fused-ring (bicyclic) bond motifs is 1. The van der Waals surface area contributed by atoms with Gasteiger partial charge in [0.1, 0.15) is 11.5 Å². The number of hydrogen-bond acceptors (Lipinski definition) is 4. The van der Waals surface area contributed by atoms with Gasteiger partial charge in [0.2, 0.25) is 0 Å². The quantitative estimate of drug-likeness (QED) is 0.852. The minimum Gasteiger partial charge on any atom is -0.493 e. The molecular formula is C19H19F3O4. The molecule has 2 N–H and O–H groups in total. The molecule has 0 radical (unpaired) electrons. The molecule has 140 valence electrons. The number of aliphatic hydroxyl groups excluding tert-OH is 2. The minimum atomic E-state index is -4.74. The lowest BCUT2D eigenvalue weighted by molar-refractivity contribution is -0.274. The van der Waals surface area contributed by atoms with Gasteiger partial charge in [0.05, 0.1) is 19.3 Å². The van der Waals surface area contributed by atoms with Crippen molar-refractivity contribution in [3.8, 4) is 22.6 Å². The molecule has 1 heterocycles. The Kier molecular flexibility index (Phi) is 5.11. The maximum Gasteiger partial charge on any atom is 0.573 e. The van der Waals surface area contributed by atoms with Crippen LogP contribution in [0.5, 0.6) is 11.5 Å². The van der Waals surface area contributed by atoms with Crippen molar-refractivity contribution in [2.45, 2.75) is 38.8 Å². The monoisotopic (exact) mass is 368 g/mol. The van der Waals surface area contributed by atoms with Crippen molar-refractivity contribution in [3.05, 3.63) is 47.0 Å². The number of hydrogen-bond donors (Lipinski definition) is 2. The van der Waals surface area contributed by atoms with Crippen LogP contribution in [0, 0.1) is 0 Å². The highest BCUT2D eigenvalue weighted by Gasteiger charge is 2.31. The average Bonchev–Trinajstić information content (AvgIpc) is 2.59. The zero-order chi connectivity index (χ0) is 18.9. The lowest BCUT2D eigenvalue weighted by Crippen LogP contribution is -2.17. The Bertz CT molecular complexity index is 783. The third-order valence-electron chi connectivity index (χ3n) is 4.36. The molecule has 0 bridgehead atoms. The lowest BCUT2D eigenvalue weighted by atomic mass is 9.88. The van der Waals surface area contributed by atoms with Crippen LogP contribution >= 0.6 is 0 Å². The number of ether oxygens (including phenoxy) is 2. The van der Waals surface area contributed by atoms with Crippen molar-refractivity contribution in [2.24, 2.45) is 0 Å². The van der Waals surface area contributed by atoms with E-state index in [4.69, 9.17) is 4.74 Å². The molecule has 4 nitrogen and oxygen atoms in total. The summed E-state index contributed by atoms with van der Waals surface area (Å²) in [6, 6.07) is 7.22. The topological polar surface area (TPSA) is 58.9 Å². The molecular weight excluding hydrogens is 349 g/mol. The Morgan fingerprint density at radius 3 is 2.50 bits per heavy atom. The van der Waals surface area contributed by atoms with Crippen LogP contribution in [0.3, 0.4) is 0 Å². The van der Waals surface area contributed by atoms with E-state index < -0.39 is 12.5 Å². The predicted molar refractivity (Wildman–Crippen MR) is 88.9 cm³/mol. The maximum absolute atomic E-state index is 12.3. The number of alkyl halides is 3. The fourth-order valence-corrected chi connectivity index (χ4v) is 3.24. The molecule has 0 saturated heterocycles. The van der Waals surface area contributed by atoms with Crippen LogP contribution in [0.4, 0.5) is 13.2 Å². The summed E-state index contributed by atoms with van der Waals surface area (Å²) in [6.07, 6.45) is -4.04. The van der Waals surface area contributed by atoms with Crippen LogP contribution in [0.15, 0.2) is 30.3 Å². The molecule has 1 aliphatic heterocycles. The summed E-state index contributed by atoms with van der Waals surface area (Å²) in [7, 11) is 0. The standard InChI is InChI=1S/C19H19F3O4/c1-11(24)15-9-16(18-14(17(15)10-23)3-2-8-25-18)12-4-6-13(7-5-12)26-19(20,21)22/h4-7,9,11,23-24H,2-3,8,10H2,1H3. The highest BCUT2D eigenvalue weighted by Crippen LogP contribution is 2.42. The Labute approximate surface area is 148 Å². The average molecular weight is 368 g/mol. The third kappa shape index (κ3) is 3.78. The van der Waals surface area contributed by atoms with E-state index in [0.717, 1.165) is 12.0 Å². The molecule has 1 aliphatic rings. The Hall–Kier alpha value is -2.25. The van der Waals surface area contributed by atoms with Crippen LogP contribution in [0.2, 0.25) is 0 Å². The van der Waals surface area contributed by atoms with E-state index in [0.29, 0.717) is 41.0 Å². The normalized spacial score (nSPS) is 15.2. The summed E-state index contributed by atoms with van der Waals surface area (Å²) in [5.74, 6) is 0.299. The van der Waals surface area contributed by atoms with Gasteiger partial charge in [-0.15, -0.1) is 13.2 Å². The van der Waals surface area contributed by atoms with Gasteiger partial charge in [-0.2, -0.15) is 0 Å². The first-order valence-electron chi connectivity index (χ1n) is 8.26. The fraction of sp³-hybridized carbons (Fsp3) is 0.368. The van der Waals surface area contributed by atoms with E-state index in [2.05, 4.69) is 4.74 Å². The highest BCUT2D eigenvalue weighted by atomic mass is 19.4. The molecule has 26 heavy (non-hydrogen) atoms. The van der Waals surface area contributed by atoms with E-state index >= 15 is 0 Å². The van der Waals surface area contributed by atoms with E-state index in [-0.39, 0.29) is 12.4 Å². The Morgan fingerprint density at radius 1 is 1.23 bits per heavy atom. The van der Waals surface area contributed by atoms with Gasteiger partial charge in [-0.3, -0.25) is 0 Å². The first kappa shape index (κ1) is 18.5. The van der Waals surface area contributed by atoms with Crippen molar-refractivity contribution in [1.82, 2.24) is 0 Å². The van der Waals surface area contributed by atoms with Crippen molar-refractivity contribution in [1.29, 1.82) is 0 Å². The number of halogens is 3. The van der Waals surface area contributed by atoms with Crippen molar-refractivity contribution in [3.63, 3.8) is 0 Å². The lowest BCUT2D eigenvalue weighted by Gasteiger charge is -2.26. The third-order valence-corrected chi connectivity index (χ3v) is 4.36. The highest BCUT2D eigenvalue weighted by molar-refractivity contribution is 5.75. The Balaban J connectivity index is 2.08. The molecule has 1 unspecified atom stereocenters. The summed E-state index contributed by atoms with van der Waals surface area (Å²) < 4.78 is 46.7. The second-order valence-corrected chi connectivity index (χ2v) is 6.16. The molecule has 0 aromatic heterocycles. The zero-order valence-electron chi connectivity index (χ0n) is 14.1. The fourth-order valence-electron chi connectivity index (χ4n) is 3.24. The van der Waals surface area contributed by atoms with Crippen LogP contribution in [-0.2, 0) is 13.0 Å². The molecule has 0 fully saturated rings. The van der Waals surface area contributed by atoms with Gasteiger partial charge in [-0.05, 0) is 54.7 Å². The molecule has 0 saturated carbocycles. The van der Waals surface area contributed by atoms with Gasteiger partial charge in [0.25, 0.3) is 0 Å². The van der Waals surface area contributed by atoms with Crippen LogP contribution in [-0.4, -0.2) is 23.2 Å². The molecule has 2 aromatic rings. The molecule has 0 spiro atoms. The summed E-state index contributed by atoms with van der Waals surface area (Å²) in [5, 5.41) is 19.8. The molecule has 1 atom stereocenters. The Morgan fingerprint density at radius 2 is 1.92 bits per heavy atom. The van der Waals surface area contributed by atoms with Crippen LogP contribution in [0.25, 0.3) is 11.1 Å². The number of rotatable bonds is 4. The summed E-state index contributed by atoms with van der Waals surface area (Å²) in [4.78, 5) is 0.